The molecule has 2 unspecified atom stereocenters. The quantitative estimate of drug-likeness (QED) is 0.716. The summed E-state index contributed by atoms with van der Waals surface area (Å²) < 4.78 is 10.8. The molecule has 26 heavy (non-hydrogen) atoms. The Morgan fingerprint density at radius 2 is 2.04 bits per heavy atom. The first kappa shape index (κ1) is 16.4. The van der Waals surface area contributed by atoms with Crippen molar-refractivity contribution in [3.8, 4) is 0 Å². The predicted molar refractivity (Wildman–Crippen MR) is 89.0 cm³/mol. The lowest BCUT2D eigenvalue weighted by Gasteiger charge is -2.61. The number of β-amino-alcohol motifs (C(OH)–C–C–N with tert-alkyl or cyclic N) is 1. The number of carbonyl (C=O) groups excluding carboxylic acids is 2. The minimum Gasteiger partial charge on any atom is -0.464 e. The second-order valence-electron chi connectivity index (χ2n) is 7.93. The standard InChI is InChI=1S/C18H23N3O5/c1-11-2-3-14(26-11)6-20-16(23)15-4-13(22)5-21(15)18(17(20)24)9-19(10-18)12-7-25-8-12/h2-3,12-13,15,22H,4-10H2,1H3. The van der Waals surface area contributed by atoms with E-state index in [2.05, 4.69) is 4.90 Å². The third-order valence-corrected chi connectivity index (χ3v) is 6.20. The number of hydrogen-bond donors (Lipinski definition) is 1. The number of furan rings is 1. The van der Waals surface area contributed by atoms with Gasteiger partial charge in [0.15, 0.2) is 0 Å². The van der Waals surface area contributed by atoms with Crippen LogP contribution in [0.3, 0.4) is 0 Å². The van der Waals surface area contributed by atoms with Crippen molar-refractivity contribution in [3.05, 3.63) is 23.7 Å². The molecule has 4 fully saturated rings. The summed E-state index contributed by atoms with van der Waals surface area (Å²) in [4.78, 5) is 31.8. The number of fused-ring (bicyclic) bond motifs is 2. The Morgan fingerprint density at radius 3 is 2.65 bits per heavy atom. The Morgan fingerprint density at radius 1 is 1.27 bits per heavy atom. The number of carbonyl (C=O) groups is 2. The van der Waals surface area contributed by atoms with E-state index in [1.165, 1.54) is 4.90 Å². The van der Waals surface area contributed by atoms with Crippen molar-refractivity contribution in [3.63, 3.8) is 0 Å². The van der Waals surface area contributed by atoms with Gasteiger partial charge < -0.3 is 14.3 Å². The molecule has 5 heterocycles. The molecular weight excluding hydrogens is 338 g/mol. The summed E-state index contributed by atoms with van der Waals surface area (Å²) in [6.07, 6.45) is -0.186. The van der Waals surface area contributed by atoms with Gasteiger partial charge in [0.05, 0.1) is 37.9 Å². The van der Waals surface area contributed by atoms with Crippen LogP contribution < -0.4 is 0 Å². The smallest absolute Gasteiger partial charge is 0.252 e. The van der Waals surface area contributed by atoms with Gasteiger partial charge in [-0.1, -0.05) is 0 Å². The molecule has 0 radical (unpaired) electrons. The summed E-state index contributed by atoms with van der Waals surface area (Å²) in [5.74, 6) is 0.967. The van der Waals surface area contributed by atoms with Crippen LogP contribution in [0.15, 0.2) is 16.5 Å². The Bertz CT molecular complexity index is 752. The molecule has 0 saturated carbocycles. The molecule has 0 aliphatic carbocycles. The van der Waals surface area contributed by atoms with Gasteiger partial charge in [-0.05, 0) is 25.5 Å². The number of rotatable bonds is 3. The Kier molecular flexibility index (Phi) is 3.56. The summed E-state index contributed by atoms with van der Waals surface area (Å²) in [7, 11) is 0. The number of ether oxygens (including phenoxy) is 1. The number of hydrogen-bond acceptors (Lipinski definition) is 7. The minimum atomic E-state index is -0.715. The second kappa shape index (κ2) is 5.63. The van der Waals surface area contributed by atoms with E-state index in [0.29, 0.717) is 51.1 Å². The predicted octanol–water partition coefficient (Wildman–Crippen LogP) is -0.655. The molecule has 0 aromatic carbocycles. The van der Waals surface area contributed by atoms with Crippen molar-refractivity contribution in [1.82, 2.24) is 14.7 Å². The number of aliphatic hydroxyl groups excluding tert-OH is 1. The van der Waals surface area contributed by atoms with Crippen LogP contribution in [-0.4, -0.2) is 88.2 Å². The van der Waals surface area contributed by atoms with Gasteiger partial charge in [-0.15, -0.1) is 0 Å². The molecule has 8 heteroatoms. The molecule has 2 atom stereocenters. The number of nitrogens with zero attached hydrogens (tertiary/aromatic N) is 3. The monoisotopic (exact) mass is 361 g/mol. The molecule has 4 aliphatic rings. The number of amides is 2. The maximum Gasteiger partial charge on any atom is 0.252 e. The molecule has 1 aromatic rings. The summed E-state index contributed by atoms with van der Waals surface area (Å²) in [5, 5.41) is 10.2. The first-order valence-electron chi connectivity index (χ1n) is 9.16. The summed E-state index contributed by atoms with van der Waals surface area (Å²) >= 11 is 0. The fourth-order valence-electron chi connectivity index (χ4n) is 4.69. The average Bonchev–Trinajstić information content (AvgIpc) is 3.10. The molecule has 8 nitrogen and oxygen atoms in total. The largest absolute Gasteiger partial charge is 0.464 e. The van der Waals surface area contributed by atoms with Gasteiger partial charge in [0.25, 0.3) is 5.91 Å². The van der Waals surface area contributed by atoms with Crippen molar-refractivity contribution in [2.24, 2.45) is 0 Å². The maximum absolute atomic E-state index is 13.4. The topological polar surface area (TPSA) is 86.5 Å². The molecule has 2 amide bonds. The zero-order chi connectivity index (χ0) is 18.1. The lowest BCUT2D eigenvalue weighted by Crippen LogP contribution is -2.83. The van der Waals surface area contributed by atoms with Crippen LogP contribution in [0.25, 0.3) is 0 Å². The van der Waals surface area contributed by atoms with Crippen LogP contribution in [0.1, 0.15) is 17.9 Å². The molecule has 4 aliphatic heterocycles. The third kappa shape index (κ3) is 2.22. The van der Waals surface area contributed by atoms with Gasteiger partial charge in [0, 0.05) is 19.6 Å². The zero-order valence-electron chi connectivity index (χ0n) is 14.8. The summed E-state index contributed by atoms with van der Waals surface area (Å²) in [6.45, 7) is 4.94. The zero-order valence-corrected chi connectivity index (χ0v) is 14.8. The van der Waals surface area contributed by atoms with E-state index in [1.54, 1.807) is 6.07 Å². The highest BCUT2D eigenvalue weighted by atomic mass is 16.5. The molecule has 1 N–H and O–H groups in total. The molecule has 0 bridgehead atoms. The number of imide groups is 1. The SMILES string of the molecule is Cc1ccc(CN2C(=O)C3CC(O)CN3C3(CN(C4COC4)C3)C2=O)o1. The van der Waals surface area contributed by atoms with Gasteiger partial charge in [-0.2, -0.15) is 0 Å². The van der Waals surface area contributed by atoms with E-state index in [1.807, 2.05) is 17.9 Å². The molecule has 4 saturated heterocycles. The molecular formula is C18H23N3O5. The van der Waals surface area contributed by atoms with Gasteiger partial charge in [0.1, 0.15) is 17.1 Å². The highest BCUT2D eigenvalue weighted by molar-refractivity contribution is 6.06. The highest BCUT2D eigenvalue weighted by Gasteiger charge is 2.65. The van der Waals surface area contributed by atoms with E-state index < -0.39 is 17.7 Å². The number of piperazine rings is 1. The first-order valence-corrected chi connectivity index (χ1v) is 9.16. The number of likely N-dealkylation sites (tertiary alicyclic amines) is 1. The lowest BCUT2D eigenvalue weighted by molar-refractivity contribution is -0.193. The first-order chi connectivity index (χ1) is 12.5. The maximum atomic E-state index is 13.4. The van der Waals surface area contributed by atoms with Gasteiger partial charge >= 0.3 is 0 Å². The molecule has 1 spiro atoms. The Balaban J connectivity index is 1.43. The minimum absolute atomic E-state index is 0.153. The van der Waals surface area contributed by atoms with Gasteiger partial charge in [0.2, 0.25) is 5.91 Å². The van der Waals surface area contributed by atoms with Crippen LogP contribution in [0, 0.1) is 6.92 Å². The van der Waals surface area contributed by atoms with E-state index in [4.69, 9.17) is 9.15 Å². The van der Waals surface area contributed by atoms with Crippen molar-refractivity contribution in [1.29, 1.82) is 0 Å². The number of aliphatic hydroxyl groups is 1. The number of aryl methyl sites for hydroxylation is 1. The van der Waals surface area contributed by atoms with Crippen molar-refractivity contribution in [2.75, 3.05) is 32.8 Å². The normalized spacial score (nSPS) is 32.0. The summed E-state index contributed by atoms with van der Waals surface area (Å²) in [5.41, 5.74) is -0.715. The summed E-state index contributed by atoms with van der Waals surface area (Å²) in [6, 6.07) is 3.56. The van der Waals surface area contributed by atoms with Crippen LogP contribution in [-0.2, 0) is 20.9 Å². The van der Waals surface area contributed by atoms with Crippen LogP contribution in [0.2, 0.25) is 0 Å². The van der Waals surface area contributed by atoms with Gasteiger partial charge in [-0.25, -0.2) is 0 Å². The van der Waals surface area contributed by atoms with E-state index >= 15 is 0 Å². The van der Waals surface area contributed by atoms with Crippen molar-refractivity contribution >= 4 is 11.8 Å². The van der Waals surface area contributed by atoms with E-state index in [9.17, 15) is 14.7 Å². The fourth-order valence-corrected chi connectivity index (χ4v) is 4.69. The van der Waals surface area contributed by atoms with Crippen LogP contribution in [0.4, 0.5) is 0 Å². The Labute approximate surface area is 151 Å². The van der Waals surface area contributed by atoms with E-state index in [0.717, 1.165) is 5.76 Å². The van der Waals surface area contributed by atoms with Crippen molar-refractivity contribution < 1.29 is 23.8 Å². The van der Waals surface area contributed by atoms with E-state index in [-0.39, 0.29) is 18.4 Å². The van der Waals surface area contributed by atoms with Gasteiger partial charge in [-0.3, -0.25) is 24.3 Å². The van der Waals surface area contributed by atoms with Crippen LogP contribution in [0.5, 0.6) is 0 Å². The average molecular weight is 361 g/mol. The molecule has 5 rings (SSSR count). The van der Waals surface area contributed by atoms with Crippen molar-refractivity contribution in [2.45, 2.75) is 43.6 Å². The Hall–Kier alpha value is -1.74. The molecule has 140 valence electrons. The van der Waals surface area contributed by atoms with Crippen LogP contribution >= 0.6 is 0 Å². The second-order valence-corrected chi connectivity index (χ2v) is 7.93. The fraction of sp³-hybridized carbons (Fsp3) is 0.667. The lowest BCUT2D eigenvalue weighted by atomic mass is 9.81. The molecule has 1 aromatic heterocycles. The highest BCUT2D eigenvalue weighted by Crippen LogP contribution is 2.42. The third-order valence-electron chi connectivity index (χ3n) is 6.20.